The predicted molar refractivity (Wildman–Crippen MR) is 73.4 cm³/mol. The summed E-state index contributed by atoms with van der Waals surface area (Å²) in [6, 6.07) is 3.41. The lowest BCUT2D eigenvalue weighted by Crippen LogP contribution is -2.28. The molecule has 3 rings (SSSR count). The molecule has 0 aliphatic carbocycles. The van der Waals surface area contributed by atoms with Gasteiger partial charge in [0.25, 0.3) is 0 Å². The second kappa shape index (κ2) is 5.81. The van der Waals surface area contributed by atoms with E-state index in [-0.39, 0.29) is 0 Å². The van der Waals surface area contributed by atoms with Crippen molar-refractivity contribution in [1.29, 1.82) is 0 Å². The molecule has 2 fully saturated rings. The summed E-state index contributed by atoms with van der Waals surface area (Å²) in [6.07, 6.45) is 11.9. The van der Waals surface area contributed by atoms with Gasteiger partial charge < -0.3 is 10.6 Å². The highest BCUT2D eigenvalue weighted by molar-refractivity contribution is 5.24. The fourth-order valence-corrected chi connectivity index (χ4v) is 3.13. The highest BCUT2D eigenvalue weighted by atomic mass is 14.9. The van der Waals surface area contributed by atoms with E-state index in [1.54, 1.807) is 0 Å². The van der Waals surface area contributed by atoms with Crippen LogP contribution in [0.3, 0.4) is 0 Å². The van der Waals surface area contributed by atoms with E-state index in [9.17, 15) is 0 Å². The molecule has 2 saturated heterocycles. The van der Waals surface area contributed by atoms with Crippen LogP contribution < -0.4 is 10.6 Å². The zero-order valence-corrected chi connectivity index (χ0v) is 11.0. The van der Waals surface area contributed by atoms with Crippen molar-refractivity contribution in [3.05, 3.63) is 29.6 Å². The first-order chi connectivity index (χ1) is 8.93. The molecule has 2 atom stereocenters. The van der Waals surface area contributed by atoms with Crippen molar-refractivity contribution in [2.45, 2.75) is 50.6 Å². The van der Waals surface area contributed by atoms with Crippen molar-refractivity contribution in [2.75, 3.05) is 13.1 Å². The molecule has 0 bridgehead atoms. The van der Waals surface area contributed by atoms with Gasteiger partial charge in [-0.15, -0.1) is 0 Å². The van der Waals surface area contributed by atoms with Gasteiger partial charge in [0.15, 0.2) is 0 Å². The van der Waals surface area contributed by atoms with E-state index in [0.29, 0.717) is 12.1 Å². The van der Waals surface area contributed by atoms with Crippen molar-refractivity contribution in [2.24, 2.45) is 0 Å². The molecular weight excluding hydrogens is 222 g/mol. The van der Waals surface area contributed by atoms with Crippen molar-refractivity contribution < 1.29 is 0 Å². The molecule has 1 aromatic heterocycles. The third-order valence-corrected chi connectivity index (χ3v) is 4.21. The van der Waals surface area contributed by atoms with Gasteiger partial charge >= 0.3 is 0 Å². The van der Waals surface area contributed by atoms with Gasteiger partial charge in [-0.2, -0.15) is 0 Å². The number of nitrogens with zero attached hydrogens (tertiary/aromatic N) is 1. The molecule has 0 amide bonds. The number of rotatable bonds is 2. The van der Waals surface area contributed by atoms with Crippen LogP contribution >= 0.6 is 0 Å². The molecule has 2 aliphatic rings. The smallest absolute Gasteiger partial charge is 0.0335 e. The lowest BCUT2D eigenvalue weighted by atomic mass is 9.94. The van der Waals surface area contributed by atoms with Crippen molar-refractivity contribution in [1.82, 2.24) is 15.6 Å². The van der Waals surface area contributed by atoms with Gasteiger partial charge in [0, 0.05) is 24.5 Å². The minimum Gasteiger partial charge on any atom is -0.310 e. The second-order valence-electron chi connectivity index (χ2n) is 5.56. The van der Waals surface area contributed by atoms with Crippen molar-refractivity contribution >= 4 is 0 Å². The molecule has 2 N–H and O–H groups in total. The molecule has 98 valence electrons. The van der Waals surface area contributed by atoms with Crippen LogP contribution in [0.5, 0.6) is 0 Å². The van der Waals surface area contributed by atoms with Crippen LogP contribution in [-0.4, -0.2) is 18.1 Å². The summed E-state index contributed by atoms with van der Waals surface area (Å²) >= 11 is 0. The third-order valence-electron chi connectivity index (χ3n) is 4.21. The molecule has 3 nitrogen and oxygen atoms in total. The van der Waals surface area contributed by atoms with Crippen LogP contribution in [0.15, 0.2) is 18.5 Å². The Kier molecular flexibility index (Phi) is 3.91. The Labute approximate surface area is 109 Å². The van der Waals surface area contributed by atoms with E-state index in [0.717, 1.165) is 13.1 Å². The third kappa shape index (κ3) is 2.73. The molecule has 0 saturated carbocycles. The number of hydrogen-bond acceptors (Lipinski definition) is 3. The summed E-state index contributed by atoms with van der Waals surface area (Å²) in [6.45, 7) is 2.30. The van der Waals surface area contributed by atoms with Gasteiger partial charge in [-0.25, -0.2) is 0 Å². The Morgan fingerprint density at radius 1 is 0.833 bits per heavy atom. The lowest BCUT2D eigenvalue weighted by molar-refractivity contribution is 0.402. The zero-order valence-electron chi connectivity index (χ0n) is 11.0. The summed E-state index contributed by atoms with van der Waals surface area (Å²) in [5.41, 5.74) is 2.75. The summed E-state index contributed by atoms with van der Waals surface area (Å²) in [4.78, 5) is 4.46. The second-order valence-corrected chi connectivity index (χ2v) is 5.56. The molecule has 3 heterocycles. The van der Waals surface area contributed by atoms with E-state index in [2.05, 4.69) is 21.7 Å². The first kappa shape index (κ1) is 12.1. The standard InChI is InChI=1S/C15H23N3/c1-3-7-17-14(5-1)12-9-13(11-16-10-12)15-6-2-4-8-18-15/h9-11,14-15,17-18H,1-8H2. The Hall–Kier alpha value is -0.930. The van der Waals surface area contributed by atoms with Gasteiger partial charge in [-0.05, 0) is 56.0 Å². The minimum absolute atomic E-state index is 0.523. The summed E-state index contributed by atoms with van der Waals surface area (Å²) in [5, 5.41) is 7.21. The van der Waals surface area contributed by atoms with Crippen LogP contribution in [0, 0.1) is 0 Å². The number of nitrogens with one attached hydrogen (secondary N) is 2. The topological polar surface area (TPSA) is 37.0 Å². The van der Waals surface area contributed by atoms with Gasteiger partial charge in [0.05, 0.1) is 0 Å². The van der Waals surface area contributed by atoms with Crippen LogP contribution in [0.25, 0.3) is 0 Å². The predicted octanol–water partition coefficient (Wildman–Crippen LogP) is 2.71. The Morgan fingerprint density at radius 3 is 1.83 bits per heavy atom. The van der Waals surface area contributed by atoms with E-state index < -0.39 is 0 Å². The molecule has 3 heteroatoms. The van der Waals surface area contributed by atoms with E-state index in [1.165, 1.54) is 49.7 Å². The molecule has 18 heavy (non-hydrogen) atoms. The maximum absolute atomic E-state index is 4.46. The van der Waals surface area contributed by atoms with Crippen LogP contribution in [-0.2, 0) is 0 Å². The molecule has 0 radical (unpaired) electrons. The Bertz CT molecular complexity index is 346. The average molecular weight is 245 g/mol. The monoisotopic (exact) mass is 245 g/mol. The van der Waals surface area contributed by atoms with E-state index in [1.807, 2.05) is 12.4 Å². The minimum atomic E-state index is 0.523. The summed E-state index contributed by atoms with van der Waals surface area (Å²) < 4.78 is 0. The maximum Gasteiger partial charge on any atom is 0.0335 e. The first-order valence-corrected chi connectivity index (χ1v) is 7.35. The first-order valence-electron chi connectivity index (χ1n) is 7.35. The molecular formula is C15H23N3. The fourth-order valence-electron chi connectivity index (χ4n) is 3.13. The highest BCUT2D eigenvalue weighted by Crippen LogP contribution is 2.27. The van der Waals surface area contributed by atoms with Gasteiger partial charge in [0.2, 0.25) is 0 Å². The van der Waals surface area contributed by atoms with Crippen molar-refractivity contribution in [3.8, 4) is 0 Å². The Balaban J connectivity index is 1.75. The SMILES string of the molecule is c1ncc(C2CCCCN2)cc1C1CCCCN1. The average Bonchev–Trinajstić information content (AvgIpc) is 2.49. The zero-order chi connectivity index (χ0) is 12.2. The van der Waals surface area contributed by atoms with Crippen LogP contribution in [0.4, 0.5) is 0 Å². The molecule has 2 aliphatic heterocycles. The van der Waals surface area contributed by atoms with E-state index in [4.69, 9.17) is 0 Å². The molecule has 2 unspecified atom stereocenters. The Morgan fingerprint density at radius 2 is 1.39 bits per heavy atom. The van der Waals surface area contributed by atoms with E-state index >= 15 is 0 Å². The largest absolute Gasteiger partial charge is 0.310 e. The van der Waals surface area contributed by atoms with Gasteiger partial charge in [-0.3, -0.25) is 4.98 Å². The number of aromatic nitrogens is 1. The lowest BCUT2D eigenvalue weighted by Gasteiger charge is -2.26. The molecule has 0 spiro atoms. The van der Waals surface area contributed by atoms with Gasteiger partial charge in [0.1, 0.15) is 0 Å². The maximum atomic E-state index is 4.46. The number of pyridine rings is 1. The highest BCUT2D eigenvalue weighted by Gasteiger charge is 2.18. The normalized spacial score (nSPS) is 29.1. The number of hydrogen-bond donors (Lipinski definition) is 2. The summed E-state index contributed by atoms with van der Waals surface area (Å²) in [5.74, 6) is 0. The van der Waals surface area contributed by atoms with Crippen LogP contribution in [0.2, 0.25) is 0 Å². The molecule has 0 aromatic carbocycles. The van der Waals surface area contributed by atoms with Crippen molar-refractivity contribution in [3.63, 3.8) is 0 Å². The van der Waals surface area contributed by atoms with Gasteiger partial charge in [-0.1, -0.05) is 12.8 Å². The fraction of sp³-hybridized carbons (Fsp3) is 0.667. The van der Waals surface area contributed by atoms with Crippen LogP contribution in [0.1, 0.15) is 61.7 Å². The number of piperidine rings is 2. The molecule has 1 aromatic rings. The summed E-state index contributed by atoms with van der Waals surface area (Å²) in [7, 11) is 0. The quantitative estimate of drug-likeness (QED) is 0.841.